The number of para-hydroxylation sites is 2. The maximum atomic E-state index is 12.3. The van der Waals surface area contributed by atoms with Crippen molar-refractivity contribution < 1.29 is 14.3 Å². The molecular weight excluding hydrogens is 368 g/mol. The maximum Gasteiger partial charge on any atom is 0.251 e. The average Bonchev–Trinajstić information content (AvgIpc) is 3.17. The van der Waals surface area contributed by atoms with Gasteiger partial charge in [-0.05, 0) is 49.2 Å². The van der Waals surface area contributed by atoms with Crippen LogP contribution in [0.2, 0.25) is 0 Å². The van der Waals surface area contributed by atoms with Crippen LogP contribution in [0.4, 0.5) is 5.69 Å². The number of anilines is 1. The number of carbonyl (C=O) groups is 2. The molecule has 1 aliphatic heterocycles. The van der Waals surface area contributed by atoms with E-state index in [4.69, 9.17) is 4.74 Å². The first-order valence-electron chi connectivity index (χ1n) is 9.89. The number of nitrogens with one attached hydrogen (secondary N) is 3. The second kappa shape index (κ2) is 8.87. The van der Waals surface area contributed by atoms with E-state index in [1.807, 2.05) is 24.3 Å². The number of imidazole rings is 1. The van der Waals surface area contributed by atoms with Gasteiger partial charge in [-0.1, -0.05) is 12.1 Å². The van der Waals surface area contributed by atoms with Crippen molar-refractivity contribution in [2.75, 3.05) is 18.5 Å². The minimum absolute atomic E-state index is 0.0927. The quantitative estimate of drug-likeness (QED) is 0.601. The molecule has 0 radical (unpaired) electrons. The van der Waals surface area contributed by atoms with Gasteiger partial charge < -0.3 is 20.4 Å². The van der Waals surface area contributed by atoms with Crippen molar-refractivity contribution in [2.24, 2.45) is 0 Å². The highest BCUT2D eigenvalue weighted by atomic mass is 16.5. The van der Waals surface area contributed by atoms with E-state index in [1.165, 1.54) is 0 Å². The molecule has 0 atom stereocenters. The first kappa shape index (κ1) is 19.1. The second-order valence-corrected chi connectivity index (χ2v) is 7.19. The molecule has 4 rings (SSSR count). The molecule has 0 bridgehead atoms. The van der Waals surface area contributed by atoms with Crippen molar-refractivity contribution in [1.29, 1.82) is 0 Å². The van der Waals surface area contributed by atoms with Crippen LogP contribution in [0.1, 0.15) is 35.4 Å². The van der Waals surface area contributed by atoms with E-state index >= 15 is 0 Å². The average molecular weight is 392 g/mol. The number of nitrogens with zero attached hydrogens (tertiary/aromatic N) is 1. The number of ether oxygens (including phenoxy) is 1. The molecule has 150 valence electrons. The number of fused-ring (bicyclic) bond motifs is 1. The first-order valence-corrected chi connectivity index (χ1v) is 9.89. The summed E-state index contributed by atoms with van der Waals surface area (Å²) in [5.74, 6) is 0.603. The van der Waals surface area contributed by atoms with E-state index in [0.717, 1.165) is 29.7 Å². The van der Waals surface area contributed by atoms with E-state index in [-0.39, 0.29) is 17.9 Å². The zero-order chi connectivity index (χ0) is 20.1. The van der Waals surface area contributed by atoms with E-state index in [1.54, 1.807) is 24.3 Å². The summed E-state index contributed by atoms with van der Waals surface area (Å²) in [5.41, 5.74) is 3.12. The molecule has 0 saturated carbocycles. The minimum atomic E-state index is -0.0975. The summed E-state index contributed by atoms with van der Waals surface area (Å²) in [4.78, 5) is 32.3. The van der Waals surface area contributed by atoms with Crippen LogP contribution in [0, 0.1) is 0 Å². The maximum absolute atomic E-state index is 12.3. The van der Waals surface area contributed by atoms with E-state index in [2.05, 4.69) is 20.6 Å². The lowest BCUT2D eigenvalue weighted by Crippen LogP contribution is -2.38. The Kier molecular flexibility index (Phi) is 5.86. The Hall–Kier alpha value is -3.19. The molecule has 0 aliphatic carbocycles. The Morgan fingerprint density at radius 1 is 1.07 bits per heavy atom. The molecule has 2 heterocycles. The zero-order valence-corrected chi connectivity index (χ0v) is 16.1. The molecular formula is C22H24N4O3. The molecule has 3 aromatic rings. The number of H-pyrrole nitrogens is 1. The molecule has 1 saturated heterocycles. The lowest BCUT2D eigenvalue weighted by molar-refractivity contribution is -0.116. The van der Waals surface area contributed by atoms with Crippen LogP contribution >= 0.6 is 0 Å². The van der Waals surface area contributed by atoms with Gasteiger partial charge in [0.2, 0.25) is 5.91 Å². The van der Waals surface area contributed by atoms with E-state index in [9.17, 15) is 9.59 Å². The first-order chi connectivity index (χ1) is 14.2. The fraction of sp³-hybridized carbons (Fsp3) is 0.318. The lowest BCUT2D eigenvalue weighted by atomic mass is 10.1. The third kappa shape index (κ3) is 5.00. The third-order valence-electron chi connectivity index (χ3n) is 5.01. The van der Waals surface area contributed by atoms with Crippen LogP contribution in [0.15, 0.2) is 48.5 Å². The second-order valence-electron chi connectivity index (χ2n) is 7.19. The van der Waals surface area contributed by atoms with Gasteiger partial charge in [0, 0.05) is 43.3 Å². The number of benzene rings is 2. The number of hydrogen-bond acceptors (Lipinski definition) is 4. The van der Waals surface area contributed by atoms with Crippen molar-refractivity contribution in [2.45, 2.75) is 31.7 Å². The number of hydrogen-bond donors (Lipinski definition) is 3. The number of carbonyl (C=O) groups excluding carboxylic acids is 2. The standard InChI is InChI=1S/C22H24N4O3/c27-21(10-9-20-25-18-3-1-2-4-19(18)26-20)23-16-7-5-15(6-8-16)22(28)24-17-11-13-29-14-12-17/h1-8,17H,9-14H2,(H,23,27)(H,24,28)(H,25,26). The number of rotatable bonds is 6. The molecule has 0 spiro atoms. The highest BCUT2D eigenvalue weighted by Crippen LogP contribution is 2.14. The Labute approximate surface area is 168 Å². The molecule has 2 amide bonds. The normalized spacial score (nSPS) is 14.6. The lowest BCUT2D eigenvalue weighted by Gasteiger charge is -2.23. The topological polar surface area (TPSA) is 96.1 Å². The summed E-state index contributed by atoms with van der Waals surface area (Å²) >= 11 is 0. The molecule has 1 aromatic heterocycles. The smallest absolute Gasteiger partial charge is 0.251 e. The molecule has 7 nitrogen and oxygen atoms in total. The van der Waals surface area contributed by atoms with Crippen LogP contribution in [-0.2, 0) is 16.0 Å². The van der Waals surface area contributed by atoms with Gasteiger partial charge in [-0.15, -0.1) is 0 Å². The van der Waals surface area contributed by atoms with Crippen molar-refractivity contribution in [3.05, 3.63) is 59.9 Å². The Balaban J connectivity index is 1.27. The van der Waals surface area contributed by atoms with Gasteiger partial charge in [0.25, 0.3) is 5.91 Å². The van der Waals surface area contributed by atoms with E-state index in [0.29, 0.717) is 37.3 Å². The third-order valence-corrected chi connectivity index (χ3v) is 5.01. The summed E-state index contributed by atoms with van der Waals surface area (Å²) in [6.45, 7) is 1.37. The van der Waals surface area contributed by atoms with Gasteiger partial charge in [0.15, 0.2) is 0 Å². The van der Waals surface area contributed by atoms with Crippen molar-refractivity contribution in [1.82, 2.24) is 15.3 Å². The molecule has 1 aliphatic rings. The molecule has 1 fully saturated rings. The largest absolute Gasteiger partial charge is 0.381 e. The van der Waals surface area contributed by atoms with Gasteiger partial charge in [0.1, 0.15) is 5.82 Å². The Morgan fingerprint density at radius 2 is 1.83 bits per heavy atom. The summed E-state index contributed by atoms with van der Waals surface area (Å²) in [7, 11) is 0. The SMILES string of the molecule is O=C(CCc1nc2ccccc2[nH]1)Nc1ccc(C(=O)NC2CCOCC2)cc1. The molecule has 29 heavy (non-hydrogen) atoms. The van der Waals surface area contributed by atoms with Crippen molar-refractivity contribution in [3.63, 3.8) is 0 Å². The van der Waals surface area contributed by atoms with Crippen molar-refractivity contribution in [3.8, 4) is 0 Å². The fourth-order valence-electron chi connectivity index (χ4n) is 3.40. The van der Waals surface area contributed by atoms with Crippen LogP contribution in [0.5, 0.6) is 0 Å². The van der Waals surface area contributed by atoms with E-state index < -0.39 is 0 Å². The van der Waals surface area contributed by atoms with Crippen LogP contribution in [0.3, 0.4) is 0 Å². The van der Waals surface area contributed by atoms with Crippen molar-refractivity contribution >= 4 is 28.5 Å². The molecule has 0 unspecified atom stereocenters. The van der Waals surface area contributed by atoms with Gasteiger partial charge in [-0.3, -0.25) is 9.59 Å². The highest BCUT2D eigenvalue weighted by Gasteiger charge is 2.17. The molecule has 7 heteroatoms. The predicted octanol–water partition coefficient (Wildman–Crippen LogP) is 3.04. The summed E-state index contributed by atoms with van der Waals surface area (Å²) in [6.07, 6.45) is 2.54. The summed E-state index contributed by atoms with van der Waals surface area (Å²) in [5, 5.41) is 5.89. The molecule has 2 aromatic carbocycles. The van der Waals surface area contributed by atoms with Gasteiger partial charge in [-0.25, -0.2) is 4.98 Å². The Morgan fingerprint density at radius 3 is 2.59 bits per heavy atom. The monoisotopic (exact) mass is 392 g/mol. The number of aromatic nitrogens is 2. The molecule has 3 N–H and O–H groups in total. The number of aryl methyl sites for hydroxylation is 1. The summed E-state index contributed by atoms with van der Waals surface area (Å²) < 4.78 is 5.31. The van der Waals surface area contributed by atoms with Gasteiger partial charge in [0.05, 0.1) is 11.0 Å². The zero-order valence-electron chi connectivity index (χ0n) is 16.1. The van der Waals surface area contributed by atoms with Crippen LogP contribution in [-0.4, -0.2) is 41.0 Å². The fourth-order valence-corrected chi connectivity index (χ4v) is 3.40. The van der Waals surface area contributed by atoms with Gasteiger partial charge >= 0.3 is 0 Å². The van der Waals surface area contributed by atoms with Crippen LogP contribution in [0.25, 0.3) is 11.0 Å². The number of aromatic amines is 1. The summed E-state index contributed by atoms with van der Waals surface area (Å²) in [6, 6.07) is 14.9. The Bertz CT molecular complexity index is 958. The van der Waals surface area contributed by atoms with Gasteiger partial charge in [-0.2, -0.15) is 0 Å². The predicted molar refractivity (Wildman–Crippen MR) is 111 cm³/mol. The highest BCUT2D eigenvalue weighted by molar-refractivity contribution is 5.96. The number of amides is 2. The van der Waals surface area contributed by atoms with Crippen LogP contribution < -0.4 is 10.6 Å². The minimum Gasteiger partial charge on any atom is -0.381 e.